The molecule has 0 spiro atoms. The van der Waals surface area contributed by atoms with E-state index in [9.17, 15) is 0 Å². The standard InChI is InChI=1S/C21H15ClN6O.H2S/c22-14-6-7-17-18(8-14)28-15(10-24-26-28)9-19-20(23-12-27(17)19)21-25-16(11-29-21)13-4-2-1-3-5-13;/h1-8,10,12,16H,9,11H2;1H2/t16-;/m1./s1. The molecule has 0 amide bonds. The van der Waals surface area contributed by atoms with Crippen LogP contribution in [0.25, 0.3) is 11.4 Å². The van der Waals surface area contributed by atoms with Crippen molar-refractivity contribution in [2.45, 2.75) is 12.5 Å². The van der Waals surface area contributed by atoms with Crippen molar-refractivity contribution in [1.29, 1.82) is 0 Å². The van der Waals surface area contributed by atoms with Crippen molar-refractivity contribution in [3.05, 3.63) is 88.7 Å². The van der Waals surface area contributed by atoms with E-state index in [0.29, 0.717) is 23.9 Å². The third-order valence-corrected chi connectivity index (χ3v) is 5.53. The highest BCUT2D eigenvalue weighted by molar-refractivity contribution is 7.59. The minimum absolute atomic E-state index is 0. The van der Waals surface area contributed by atoms with Crippen LogP contribution in [-0.2, 0) is 11.2 Å². The van der Waals surface area contributed by atoms with Gasteiger partial charge >= 0.3 is 0 Å². The van der Waals surface area contributed by atoms with Gasteiger partial charge in [-0.2, -0.15) is 13.5 Å². The molecule has 0 unspecified atom stereocenters. The Balaban J connectivity index is 0.00000193. The molecule has 2 aliphatic rings. The maximum Gasteiger partial charge on any atom is 0.238 e. The third kappa shape index (κ3) is 2.91. The summed E-state index contributed by atoms with van der Waals surface area (Å²) in [6.45, 7) is 0.511. The molecule has 2 aromatic heterocycles. The van der Waals surface area contributed by atoms with Gasteiger partial charge in [-0.3, -0.25) is 4.57 Å². The number of hydrogen-bond acceptors (Lipinski definition) is 5. The van der Waals surface area contributed by atoms with Crippen LogP contribution in [0, 0.1) is 0 Å². The van der Waals surface area contributed by atoms with Crippen molar-refractivity contribution in [1.82, 2.24) is 24.5 Å². The van der Waals surface area contributed by atoms with E-state index in [2.05, 4.69) is 32.0 Å². The number of nitrogens with zero attached hydrogens (tertiary/aromatic N) is 6. The van der Waals surface area contributed by atoms with Crippen molar-refractivity contribution in [3.63, 3.8) is 0 Å². The summed E-state index contributed by atoms with van der Waals surface area (Å²) in [5.74, 6) is 0.573. The minimum atomic E-state index is -0.0207. The summed E-state index contributed by atoms with van der Waals surface area (Å²) in [6, 6.07) is 15.9. The monoisotopic (exact) mass is 436 g/mol. The fraction of sp³-hybridized carbons (Fsp3) is 0.143. The van der Waals surface area contributed by atoms with Gasteiger partial charge in [-0.1, -0.05) is 47.1 Å². The molecule has 0 radical (unpaired) electrons. The third-order valence-electron chi connectivity index (χ3n) is 5.30. The highest BCUT2D eigenvalue weighted by atomic mass is 35.5. The Labute approximate surface area is 184 Å². The van der Waals surface area contributed by atoms with Crippen LogP contribution < -0.4 is 0 Å². The van der Waals surface area contributed by atoms with Crippen LogP contribution in [0.5, 0.6) is 0 Å². The van der Waals surface area contributed by atoms with E-state index in [1.165, 1.54) is 0 Å². The molecule has 4 aromatic rings. The lowest BCUT2D eigenvalue weighted by molar-refractivity contribution is 0.319. The van der Waals surface area contributed by atoms with Gasteiger partial charge in [0, 0.05) is 11.4 Å². The molecule has 7 nitrogen and oxygen atoms in total. The lowest BCUT2D eigenvalue weighted by atomic mass is 10.1. The van der Waals surface area contributed by atoms with Gasteiger partial charge < -0.3 is 4.74 Å². The number of aliphatic imine (C=N–C) groups is 1. The highest BCUT2D eigenvalue weighted by Gasteiger charge is 2.29. The van der Waals surface area contributed by atoms with E-state index in [4.69, 9.17) is 21.3 Å². The van der Waals surface area contributed by atoms with Crippen LogP contribution in [0.2, 0.25) is 5.02 Å². The molecule has 150 valence electrons. The second-order valence-electron chi connectivity index (χ2n) is 7.03. The lowest BCUT2D eigenvalue weighted by Gasteiger charge is -2.10. The second kappa shape index (κ2) is 7.30. The normalized spacial score (nSPS) is 16.4. The lowest BCUT2D eigenvalue weighted by Crippen LogP contribution is -2.08. The number of imidazole rings is 1. The van der Waals surface area contributed by atoms with E-state index >= 15 is 0 Å². The molecule has 2 aromatic carbocycles. The molecular weight excluding hydrogens is 420 g/mol. The fourth-order valence-corrected chi connectivity index (χ4v) is 4.07. The van der Waals surface area contributed by atoms with Gasteiger partial charge in [-0.05, 0) is 23.8 Å². The van der Waals surface area contributed by atoms with Crippen LogP contribution in [0.4, 0.5) is 0 Å². The Morgan fingerprint density at radius 3 is 2.80 bits per heavy atom. The summed E-state index contributed by atoms with van der Waals surface area (Å²) in [4.78, 5) is 9.46. The first-order chi connectivity index (χ1) is 14.3. The predicted molar refractivity (Wildman–Crippen MR) is 118 cm³/mol. The molecule has 0 aliphatic carbocycles. The largest absolute Gasteiger partial charge is 0.474 e. The van der Waals surface area contributed by atoms with Crippen molar-refractivity contribution in [2.24, 2.45) is 4.99 Å². The Kier molecular flexibility index (Phi) is 4.60. The van der Waals surface area contributed by atoms with Crippen molar-refractivity contribution < 1.29 is 4.74 Å². The van der Waals surface area contributed by atoms with Crippen LogP contribution in [-0.4, -0.2) is 37.0 Å². The summed E-state index contributed by atoms with van der Waals surface area (Å²) in [6.07, 6.45) is 4.17. The molecule has 0 bridgehead atoms. The maximum absolute atomic E-state index is 6.25. The summed E-state index contributed by atoms with van der Waals surface area (Å²) < 4.78 is 9.84. The van der Waals surface area contributed by atoms with Crippen LogP contribution in [0.3, 0.4) is 0 Å². The molecule has 0 saturated heterocycles. The van der Waals surface area contributed by atoms with E-state index in [0.717, 1.165) is 34.0 Å². The van der Waals surface area contributed by atoms with Crippen LogP contribution >= 0.6 is 25.1 Å². The molecule has 30 heavy (non-hydrogen) atoms. The molecule has 9 heteroatoms. The Hall–Kier alpha value is -3.10. The topological polar surface area (TPSA) is 70.1 Å². The van der Waals surface area contributed by atoms with Gasteiger partial charge in [0.1, 0.15) is 24.7 Å². The number of benzene rings is 2. The fourth-order valence-electron chi connectivity index (χ4n) is 3.90. The van der Waals surface area contributed by atoms with E-state index in [-0.39, 0.29) is 19.5 Å². The predicted octanol–water partition coefficient (Wildman–Crippen LogP) is 3.64. The average molecular weight is 437 g/mol. The Morgan fingerprint density at radius 1 is 1.07 bits per heavy atom. The first-order valence-corrected chi connectivity index (χ1v) is 9.68. The molecule has 4 heterocycles. The van der Waals surface area contributed by atoms with Crippen molar-refractivity contribution >= 4 is 31.0 Å². The molecular formula is C21H17ClN6OS. The number of halogens is 1. The average Bonchev–Trinajstić information content (AvgIpc) is 3.48. The molecule has 2 aliphatic heterocycles. The van der Waals surface area contributed by atoms with E-state index in [1.54, 1.807) is 12.5 Å². The van der Waals surface area contributed by atoms with Crippen LogP contribution in [0.1, 0.15) is 28.7 Å². The van der Waals surface area contributed by atoms with Gasteiger partial charge in [-0.15, -0.1) is 5.10 Å². The summed E-state index contributed by atoms with van der Waals surface area (Å²) in [5, 5.41) is 8.98. The Bertz CT molecular complexity index is 1270. The first kappa shape index (κ1) is 18.9. The number of aromatic nitrogens is 5. The molecule has 1 atom stereocenters. The van der Waals surface area contributed by atoms with Crippen LogP contribution in [0.15, 0.2) is 66.0 Å². The highest BCUT2D eigenvalue weighted by Crippen LogP contribution is 2.32. The van der Waals surface area contributed by atoms with Gasteiger partial charge in [-0.25, -0.2) is 14.7 Å². The molecule has 0 fully saturated rings. The first-order valence-electron chi connectivity index (χ1n) is 9.30. The minimum Gasteiger partial charge on any atom is -0.474 e. The summed E-state index contributed by atoms with van der Waals surface area (Å²) in [5.41, 5.74) is 5.62. The summed E-state index contributed by atoms with van der Waals surface area (Å²) in [7, 11) is 0. The van der Waals surface area contributed by atoms with Gasteiger partial charge in [0.15, 0.2) is 0 Å². The zero-order valence-electron chi connectivity index (χ0n) is 15.7. The smallest absolute Gasteiger partial charge is 0.238 e. The van der Waals surface area contributed by atoms with Crippen molar-refractivity contribution in [3.8, 4) is 11.4 Å². The maximum atomic E-state index is 6.25. The second-order valence-corrected chi connectivity index (χ2v) is 7.47. The van der Waals surface area contributed by atoms with Crippen molar-refractivity contribution in [2.75, 3.05) is 6.61 Å². The number of hydrogen-bond donors (Lipinski definition) is 0. The Morgan fingerprint density at radius 2 is 1.93 bits per heavy atom. The number of fused-ring (bicyclic) bond motifs is 5. The molecule has 6 rings (SSSR count). The number of ether oxygens (including phenoxy) is 1. The molecule has 0 saturated carbocycles. The van der Waals surface area contributed by atoms with E-state index in [1.807, 2.05) is 41.1 Å². The zero-order chi connectivity index (χ0) is 19.4. The van der Waals surface area contributed by atoms with Gasteiger partial charge in [0.25, 0.3) is 0 Å². The van der Waals surface area contributed by atoms with E-state index < -0.39 is 0 Å². The van der Waals surface area contributed by atoms with Gasteiger partial charge in [0.2, 0.25) is 5.90 Å². The quantitative estimate of drug-likeness (QED) is 0.423. The summed E-state index contributed by atoms with van der Waals surface area (Å²) >= 11 is 6.25. The van der Waals surface area contributed by atoms with Gasteiger partial charge in [0.05, 0.1) is 29.0 Å². The SMILES string of the molecule is Clc1ccc2c(c1)-n1nncc1Cc1c(C3=N[C@@H](c4ccccc4)CO3)ncn1-2.S. The number of rotatable bonds is 2. The molecule has 0 N–H and O–H groups in total. The zero-order valence-corrected chi connectivity index (χ0v) is 17.5.